The number of phenolic OH excluding ortho intramolecular Hbond substituents is 1. The molecular weight excluding hydrogens is 374 g/mol. The molecule has 0 fully saturated rings. The van der Waals surface area contributed by atoms with Crippen LogP contribution in [0.2, 0.25) is 0 Å². The van der Waals surface area contributed by atoms with Crippen LogP contribution in [0.3, 0.4) is 0 Å². The molecule has 1 amide bonds. The van der Waals surface area contributed by atoms with E-state index in [1.54, 1.807) is 38.3 Å². The number of phenols is 1. The number of carbonyl (C=O) groups excluding carboxylic acids is 1. The summed E-state index contributed by atoms with van der Waals surface area (Å²) in [6, 6.07) is 12.3. The van der Waals surface area contributed by atoms with E-state index in [9.17, 15) is 9.90 Å². The van der Waals surface area contributed by atoms with Gasteiger partial charge in [-0.3, -0.25) is 4.79 Å². The molecule has 3 N–H and O–H groups in total. The van der Waals surface area contributed by atoms with Gasteiger partial charge in [-0.15, -0.1) is 0 Å². The summed E-state index contributed by atoms with van der Waals surface area (Å²) in [6.07, 6.45) is 0. The first-order chi connectivity index (χ1) is 11.5. The van der Waals surface area contributed by atoms with Gasteiger partial charge in [-0.05, 0) is 37.3 Å². The van der Waals surface area contributed by atoms with Crippen molar-refractivity contribution in [3.05, 3.63) is 52.5 Å². The largest absolute Gasteiger partial charge is 0.507 e. The topological polar surface area (TPSA) is 83.0 Å². The Morgan fingerprint density at radius 1 is 1.29 bits per heavy atom. The first kappa shape index (κ1) is 17.8. The highest BCUT2D eigenvalue weighted by Crippen LogP contribution is 2.22. The molecule has 2 aromatic rings. The van der Waals surface area contributed by atoms with Crippen LogP contribution in [0.25, 0.3) is 0 Å². The minimum absolute atomic E-state index is 0.0639. The van der Waals surface area contributed by atoms with Crippen molar-refractivity contribution >= 4 is 33.2 Å². The average Bonchev–Trinajstić information content (AvgIpc) is 2.60. The van der Waals surface area contributed by atoms with Gasteiger partial charge in [0.1, 0.15) is 11.5 Å². The van der Waals surface area contributed by atoms with Gasteiger partial charge < -0.3 is 15.2 Å². The van der Waals surface area contributed by atoms with E-state index < -0.39 is 0 Å². The molecule has 0 heterocycles. The second-order valence-electron chi connectivity index (χ2n) is 4.98. The van der Waals surface area contributed by atoms with Crippen LogP contribution in [0, 0.1) is 0 Å². The van der Waals surface area contributed by atoms with Crippen molar-refractivity contribution in [2.75, 3.05) is 19.0 Å². The SMILES string of the molecule is COc1cccc(NCC(=O)N/N=C(\C)c2cc(Br)ccc2O)c1. The highest BCUT2D eigenvalue weighted by atomic mass is 79.9. The average molecular weight is 392 g/mol. The molecule has 0 saturated heterocycles. The lowest BCUT2D eigenvalue weighted by Crippen LogP contribution is -2.26. The number of anilines is 1. The summed E-state index contributed by atoms with van der Waals surface area (Å²) in [5.74, 6) is 0.509. The smallest absolute Gasteiger partial charge is 0.259 e. The van der Waals surface area contributed by atoms with E-state index in [4.69, 9.17) is 4.74 Å². The predicted octanol–water partition coefficient (Wildman–Crippen LogP) is 3.12. The van der Waals surface area contributed by atoms with Gasteiger partial charge in [0.2, 0.25) is 0 Å². The molecule has 2 aromatic carbocycles. The molecule has 0 spiro atoms. The number of hydrogen-bond acceptors (Lipinski definition) is 5. The second-order valence-corrected chi connectivity index (χ2v) is 5.89. The summed E-state index contributed by atoms with van der Waals surface area (Å²) in [4.78, 5) is 11.9. The zero-order valence-corrected chi connectivity index (χ0v) is 14.9. The lowest BCUT2D eigenvalue weighted by molar-refractivity contribution is -0.119. The number of nitrogens with zero attached hydrogens (tertiary/aromatic N) is 1. The van der Waals surface area contributed by atoms with Gasteiger partial charge in [-0.25, -0.2) is 5.43 Å². The molecule has 0 bridgehead atoms. The van der Waals surface area contributed by atoms with E-state index in [1.807, 2.05) is 18.2 Å². The van der Waals surface area contributed by atoms with E-state index in [1.165, 1.54) is 0 Å². The number of rotatable bonds is 6. The Labute approximate surface area is 148 Å². The van der Waals surface area contributed by atoms with Crippen LogP contribution >= 0.6 is 15.9 Å². The molecule has 0 saturated carbocycles. The Bertz CT molecular complexity index is 762. The quantitative estimate of drug-likeness (QED) is 0.521. The minimum atomic E-state index is -0.299. The molecule has 0 aliphatic rings. The van der Waals surface area contributed by atoms with Crippen molar-refractivity contribution in [3.8, 4) is 11.5 Å². The van der Waals surface area contributed by atoms with Crippen LogP contribution in [-0.2, 0) is 4.79 Å². The van der Waals surface area contributed by atoms with E-state index in [0.29, 0.717) is 17.0 Å². The van der Waals surface area contributed by atoms with Crippen molar-refractivity contribution in [2.45, 2.75) is 6.92 Å². The van der Waals surface area contributed by atoms with Gasteiger partial charge in [-0.1, -0.05) is 22.0 Å². The highest BCUT2D eigenvalue weighted by molar-refractivity contribution is 9.10. The van der Waals surface area contributed by atoms with Crippen LogP contribution < -0.4 is 15.5 Å². The Morgan fingerprint density at radius 2 is 2.08 bits per heavy atom. The third kappa shape index (κ3) is 4.99. The number of methoxy groups -OCH3 is 1. The molecule has 0 unspecified atom stereocenters. The van der Waals surface area contributed by atoms with E-state index in [-0.39, 0.29) is 18.2 Å². The van der Waals surface area contributed by atoms with Crippen molar-refractivity contribution < 1.29 is 14.6 Å². The first-order valence-electron chi connectivity index (χ1n) is 7.19. The van der Waals surface area contributed by atoms with Gasteiger partial charge in [0.25, 0.3) is 5.91 Å². The van der Waals surface area contributed by atoms with Crippen molar-refractivity contribution in [2.24, 2.45) is 5.10 Å². The summed E-state index contributed by atoms with van der Waals surface area (Å²) in [7, 11) is 1.58. The van der Waals surface area contributed by atoms with Crippen molar-refractivity contribution in [3.63, 3.8) is 0 Å². The van der Waals surface area contributed by atoms with E-state index in [0.717, 1.165) is 10.2 Å². The number of benzene rings is 2. The number of aromatic hydroxyl groups is 1. The van der Waals surface area contributed by atoms with Gasteiger partial charge in [0, 0.05) is 21.8 Å². The zero-order chi connectivity index (χ0) is 17.5. The summed E-state index contributed by atoms with van der Waals surface area (Å²) in [5.41, 5.74) is 4.28. The molecule has 6 nitrogen and oxygen atoms in total. The fourth-order valence-electron chi connectivity index (χ4n) is 1.96. The summed E-state index contributed by atoms with van der Waals surface area (Å²) >= 11 is 3.33. The maximum absolute atomic E-state index is 11.9. The molecule has 0 radical (unpaired) electrons. The number of hydrazone groups is 1. The maximum atomic E-state index is 11.9. The number of hydrogen-bond donors (Lipinski definition) is 3. The Kier molecular flexibility index (Phi) is 6.20. The van der Waals surface area contributed by atoms with E-state index >= 15 is 0 Å². The molecule has 0 aliphatic carbocycles. The third-order valence-corrected chi connectivity index (χ3v) is 3.71. The molecule has 24 heavy (non-hydrogen) atoms. The van der Waals surface area contributed by atoms with Crippen molar-refractivity contribution in [1.29, 1.82) is 0 Å². The minimum Gasteiger partial charge on any atom is -0.507 e. The lowest BCUT2D eigenvalue weighted by atomic mass is 10.1. The lowest BCUT2D eigenvalue weighted by Gasteiger charge is -2.08. The fourth-order valence-corrected chi connectivity index (χ4v) is 2.32. The Hall–Kier alpha value is -2.54. The van der Waals surface area contributed by atoms with Crippen LogP contribution in [0.1, 0.15) is 12.5 Å². The predicted molar refractivity (Wildman–Crippen MR) is 97.6 cm³/mol. The monoisotopic (exact) mass is 391 g/mol. The van der Waals surface area contributed by atoms with Crippen LogP contribution in [-0.4, -0.2) is 30.4 Å². The molecule has 0 aromatic heterocycles. The van der Waals surface area contributed by atoms with Gasteiger partial charge >= 0.3 is 0 Å². The standard InChI is InChI=1S/C17H18BrN3O3/c1-11(15-8-12(18)6-7-16(15)22)20-21-17(23)10-19-13-4-3-5-14(9-13)24-2/h3-9,19,22H,10H2,1-2H3,(H,21,23)/b20-11+. The number of nitrogens with one attached hydrogen (secondary N) is 2. The Morgan fingerprint density at radius 3 is 2.83 bits per heavy atom. The number of halogens is 1. The molecular formula is C17H18BrN3O3. The van der Waals surface area contributed by atoms with Gasteiger partial charge in [-0.2, -0.15) is 5.10 Å². The van der Waals surface area contributed by atoms with Gasteiger partial charge in [0.15, 0.2) is 0 Å². The molecule has 7 heteroatoms. The molecule has 0 atom stereocenters. The normalized spacial score (nSPS) is 11.0. The summed E-state index contributed by atoms with van der Waals surface area (Å²) in [5, 5.41) is 16.8. The maximum Gasteiger partial charge on any atom is 0.259 e. The summed E-state index contributed by atoms with van der Waals surface area (Å²) in [6.45, 7) is 1.77. The number of carbonyl (C=O) groups is 1. The first-order valence-corrected chi connectivity index (χ1v) is 7.99. The molecule has 126 valence electrons. The fraction of sp³-hybridized carbons (Fsp3) is 0.176. The van der Waals surface area contributed by atoms with Gasteiger partial charge in [0.05, 0.1) is 19.4 Å². The van der Waals surface area contributed by atoms with Crippen LogP contribution in [0.4, 0.5) is 5.69 Å². The van der Waals surface area contributed by atoms with E-state index in [2.05, 4.69) is 31.8 Å². The second kappa shape index (κ2) is 8.35. The summed E-state index contributed by atoms with van der Waals surface area (Å²) < 4.78 is 5.94. The Balaban J connectivity index is 1.93. The highest BCUT2D eigenvalue weighted by Gasteiger charge is 2.07. The number of amides is 1. The van der Waals surface area contributed by atoms with Crippen LogP contribution in [0.5, 0.6) is 11.5 Å². The third-order valence-electron chi connectivity index (χ3n) is 3.22. The zero-order valence-electron chi connectivity index (χ0n) is 13.3. The van der Waals surface area contributed by atoms with Crippen molar-refractivity contribution in [1.82, 2.24) is 5.43 Å². The molecule has 2 rings (SSSR count). The number of ether oxygens (including phenoxy) is 1. The van der Waals surface area contributed by atoms with Crippen LogP contribution in [0.15, 0.2) is 52.0 Å². The molecule has 0 aliphatic heterocycles.